The zero-order chi connectivity index (χ0) is 11.1. The lowest BCUT2D eigenvalue weighted by Gasteiger charge is -2.18. The molecule has 1 saturated heterocycles. The molecule has 2 rings (SSSR count). The van der Waals surface area contributed by atoms with E-state index in [2.05, 4.69) is 10.6 Å². The van der Waals surface area contributed by atoms with Gasteiger partial charge in [0.25, 0.3) is 0 Å². The second-order valence-electron chi connectivity index (χ2n) is 3.98. The number of hydrogen-bond acceptors (Lipinski definition) is 4. The Morgan fingerprint density at radius 2 is 2.33 bits per heavy atom. The third-order valence-electron chi connectivity index (χ3n) is 2.88. The first kappa shape index (κ1) is 10.8. The van der Waals surface area contributed by atoms with Crippen molar-refractivity contribution < 1.29 is 14.7 Å². The number of β-amino-alcohol motifs (C(OH)–C–C–N with tert-alkyl or cyclic N) is 1. The van der Waals surface area contributed by atoms with Crippen molar-refractivity contribution in [2.75, 3.05) is 12.8 Å². The first-order valence-corrected chi connectivity index (χ1v) is 6.13. The summed E-state index contributed by atoms with van der Waals surface area (Å²) in [4.78, 5) is 22.8. The van der Waals surface area contributed by atoms with Crippen LogP contribution in [0.1, 0.15) is 12.8 Å². The van der Waals surface area contributed by atoms with Crippen molar-refractivity contribution in [1.29, 1.82) is 0 Å². The molecule has 3 N–H and O–H groups in total. The first-order valence-electron chi connectivity index (χ1n) is 4.91. The molecule has 0 spiro atoms. The van der Waals surface area contributed by atoms with Gasteiger partial charge in [0.1, 0.15) is 5.92 Å². The number of amides is 2. The molecule has 0 radical (unpaired) electrons. The summed E-state index contributed by atoms with van der Waals surface area (Å²) in [7, 11) is 0. The van der Waals surface area contributed by atoms with Gasteiger partial charge in [0, 0.05) is 6.54 Å². The predicted molar refractivity (Wildman–Crippen MR) is 56.1 cm³/mol. The number of thioether (sulfide) groups is 1. The standard InChI is InChI=1S/C9H14N2O3S/c1-15-9(2-3-9)11-8(14)6-5(12)4-10-7(6)13/h5-6,12H,2-4H2,1H3,(H,10,13)(H,11,14). The summed E-state index contributed by atoms with van der Waals surface area (Å²) in [5, 5.41) is 14.8. The van der Waals surface area contributed by atoms with Crippen LogP contribution in [0.4, 0.5) is 0 Å². The average molecular weight is 230 g/mol. The lowest BCUT2D eigenvalue weighted by molar-refractivity contribution is -0.135. The van der Waals surface area contributed by atoms with Crippen LogP contribution in [0.25, 0.3) is 0 Å². The number of aliphatic hydroxyl groups is 1. The van der Waals surface area contributed by atoms with Crippen LogP contribution in [0.15, 0.2) is 0 Å². The Morgan fingerprint density at radius 1 is 1.67 bits per heavy atom. The van der Waals surface area contributed by atoms with Crippen LogP contribution in [0, 0.1) is 5.92 Å². The summed E-state index contributed by atoms with van der Waals surface area (Å²) in [6.07, 6.45) is 2.91. The van der Waals surface area contributed by atoms with Gasteiger partial charge in [0.05, 0.1) is 11.0 Å². The highest BCUT2D eigenvalue weighted by Crippen LogP contribution is 2.44. The molecule has 5 nitrogen and oxygen atoms in total. The van der Waals surface area contributed by atoms with E-state index < -0.39 is 12.0 Å². The Hall–Kier alpha value is -0.750. The van der Waals surface area contributed by atoms with E-state index in [0.717, 1.165) is 12.8 Å². The average Bonchev–Trinajstić information content (AvgIpc) is 2.88. The van der Waals surface area contributed by atoms with Crippen LogP contribution < -0.4 is 10.6 Å². The smallest absolute Gasteiger partial charge is 0.236 e. The van der Waals surface area contributed by atoms with E-state index in [1.54, 1.807) is 11.8 Å². The van der Waals surface area contributed by atoms with Crippen LogP contribution in [-0.2, 0) is 9.59 Å². The van der Waals surface area contributed by atoms with Crippen molar-refractivity contribution in [1.82, 2.24) is 10.6 Å². The quantitative estimate of drug-likeness (QED) is 0.432. The van der Waals surface area contributed by atoms with Gasteiger partial charge in [-0.05, 0) is 19.1 Å². The molecule has 1 saturated carbocycles. The highest BCUT2D eigenvalue weighted by molar-refractivity contribution is 8.00. The molecule has 1 heterocycles. The summed E-state index contributed by atoms with van der Waals surface area (Å²) in [5.41, 5.74) is 0. The maximum atomic E-state index is 11.7. The molecule has 0 aromatic rings. The molecule has 2 atom stereocenters. The van der Waals surface area contributed by atoms with E-state index >= 15 is 0 Å². The summed E-state index contributed by atoms with van der Waals surface area (Å²) < 4.78 is 0. The maximum absolute atomic E-state index is 11.7. The zero-order valence-corrected chi connectivity index (χ0v) is 9.26. The first-order chi connectivity index (χ1) is 7.08. The SMILES string of the molecule is CSC1(NC(=O)C2C(=O)NCC2O)CC1. The summed E-state index contributed by atoms with van der Waals surface area (Å²) in [5.74, 6) is -1.67. The van der Waals surface area contributed by atoms with Crippen LogP contribution in [-0.4, -0.2) is 40.7 Å². The molecule has 2 unspecified atom stereocenters. The number of carbonyl (C=O) groups excluding carboxylic acids is 2. The van der Waals surface area contributed by atoms with Gasteiger partial charge in [0.15, 0.2) is 0 Å². The number of aliphatic hydroxyl groups excluding tert-OH is 1. The zero-order valence-electron chi connectivity index (χ0n) is 8.45. The van der Waals surface area contributed by atoms with Crippen molar-refractivity contribution in [3.05, 3.63) is 0 Å². The highest BCUT2D eigenvalue weighted by atomic mass is 32.2. The Morgan fingerprint density at radius 3 is 2.73 bits per heavy atom. The third-order valence-corrected chi connectivity index (χ3v) is 4.17. The molecule has 1 aliphatic carbocycles. The normalized spacial score (nSPS) is 32.3. The molecule has 0 aromatic carbocycles. The monoisotopic (exact) mass is 230 g/mol. The van der Waals surface area contributed by atoms with E-state index in [1.807, 2.05) is 6.26 Å². The van der Waals surface area contributed by atoms with Gasteiger partial charge < -0.3 is 15.7 Å². The minimum Gasteiger partial charge on any atom is -0.390 e. The van der Waals surface area contributed by atoms with Crippen molar-refractivity contribution in [3.63, 3.8) is 0 Å². The van der Waals surface area contributed by atoms with Gasteiger partial charge in [-0.25, -0.2) is 0 Å². The third kappa shape index (κ3) is 1.96. The van der Waals surface area contributed by atoms with Gasteiger partial charge in [-0.15, -0.1) is 11.8 Å². The predicted octanol–water partition coefficient (Wildman–Crippen LogP) is -0.937. The van der Waals surface area contributed by atoms with Crippen LogP contribution in [0.5, 0.6) is 0 Å². The van der Waals surface area contributed by atoms with Gasteiger partial charge >= 0.3 is 0 Å². The number of carbonyl (C=O) groups is 2. The van der Waals surface area contributed by atoms with Gasteiger partial charge in [0.2, 0.25) is 11.8 Å². The van der Waals surface area contributed by atoms with E-state index in [4.69, 9.17) is 0 Å². The molecule has 2 fully saturated rings. The van der Waals surface area contributed by atoms with Crippen LogP contribution in [0.2, 0.25) is 0 Å². The lowest BCUT2D eigenvalue weighted by atomic mass is 10.1. The Labute approximate surface area is 92.0 Å². The molecular formula is C9H14N2O3S. The van der Waals surface area contributed by atoms with Crippen LogP contribution in [0.3, 0.4) is 0 Å². The van der Waals surface area contributed by atoms with Crippen molar-refractivity contribution in [2.24, 2.45) is 5.92 Å². The Balaban J connectivity index is 1.98. The van der Waals surface area contributed by atoms with E-state index in [1.165, 1.54) is 0 Å². The van der Waals surface area contributed by atoms with Gasteiger partial charge in [-0.3, -0.25) is 9.59 Å². The second kappa shape index (κ2) is 3.68. The lowest BCUT2D eigenvalue weighted by Crippen LogP contribution is -2.44. The summed E-state index contributed by atoms with van der Waals surface area (Å²) in [6.45, 7) is 0.170. The Kier molecular flexibility index (Phi) is 2.64. The molecular weight excluding hydrogens is 216 g/mol. The number of rotatable bonds is 3. The molecule has 1 aliphatic heterocycles. The topological polar surface area (TPSA) is 78.4 Å². The fourth-order valence-electron chi connectivity index (χ4n) is 1.70. The molecule has 0 aromatic heterocycles. The van der Waals surface area contributed by atoms with E-state index in [9.17, 15) is 14.7 Å². The molecule has 84 valence electrons. The van der Waals surface area contributed by atoms with Crippen LogP contribution >= 0.6 is 11.8 Å². The van der Waals surface area contributed by atoms with Crippen molar-refractivity contribution >= 4 is 23.6 Å². The fraction of sp³-hybridized carbons (Fsp3) is 0.778. The van der Waals surface area contributed by atoms with Crippen molar-refractivity contribution in [3.8, 4) is 0 Å². The molecule has 15 heavy (non-hydrogen) atoms. The van der Waals surface area contributed by atoms with E-state index in [0.29, 0.717) is 0 Å². The van der Waals surface area contributed by atoms with E-state index in [-0.39, 0.29) is 23.2 Å². The molecule has 2 amide bonds. The minimum absolute atomic E-state index is 0.170. The molecule has 0 bridgehead atoms. The minimum atomic E-state index is -0.936. The summed E-state index contributed by atoms with van der Waals surface area (Å²) >= 11 is 1.58. The fourth-order valence-corrected chi connectivity index (χ4v) is 2.41. The van der Waals surface area contributed by atoms with Crippen molar-refractivity contribution in [2.45, 2.75) is 23.8 Å². The number of nitrogens with one attached hydrogen (secondary N) is 2. The maximum Gasteiger partial charge on any atom is 0.236 e. The molecule has 6 heteroatoms. The van der Waals surface area contributed by atoms with Gasteiger partial charge in [-0.2, -0.15) is 0 Å². The second-order valence-corrected chi connectivity index (χ2v) is 5.17. The Bertz CT molecular complexity index is 304. The van der Waals surface area contributed by atoms with Gasteiger partial charge in [-0.1, -0.05) is 0 Å². The highest BCUT2D eigenvalue weighted by Gasteiger charge is 2.47. The molecule has 2 aliphatic rings. The largest absolute Gasteiger partial charge is 0.390 e. The number of hydrogen-bond donors (Lipinski definition) is 3. The summed E-state index contributed by atoms with van der Waals surface area (Å²) in [6, 6.07) is 0.